The number of hydrogen-bond acceptors (Lipinski definition) is 9. The van der Waals surface area contributed by atoms with Gasteiger partial charge < -0.3 is 30.9 Å². The minimum atomic E-state index is -1.69. The Morgan fingerprint density at radius 3 is 2.80 bits per heavy atom. The number of aliphatic hydroxyl groups is 1. The van der Waals surface area contributed by atoms with Gasteiger partial charge >= 0.3 is 0 Å². The van der Waals surface area contributed by atoms with Gasteiger partial charge in [-0.3, -0.25) is 4.79 Å². The molecule has 1 fully saturated rings. The van der Waals surface area contributed by atoms with Gasteiger partial charge in [-0.1, -0.05) is 23.4 Å². The van der Waals surface area contributed by atoms with Crippen LogP contribution in [0.15, 0.2) is 63.4 Å². The largest absolute Gasteiger partial charge is 0.390 e. The Morgan fingerprint density at radius 2 is 2.06 bits per heavy atom. The first-order valence-electron chi connectivity index (χ1n) is 11.2. The van der Waals surface area contributed by atoms with Crippen molar-refractivity contribution >= 4 is 17.7 Å². The summed E-state index contributed by atoms with van der Waals surface area (Å²) in [5, 5.41) is 21.3. The first-order valence-corrected chi connectivity index (χ1v) is 11.2. The molecule has 3 aromatic rings. The number of nitrogens with one attached hydrogen (secondary N) is 2. The molecule has 1 amide bonds. The maximum absolute atomic E-state index is 12.4. The lowest BCUT2D eigenvalue weighted by atomic mass is 9.98. The fourth-order valence-electron chi connectivity index (χ4n) is 4.27. The highest BCUT2D eigenvalue weighted by Gasteiger charge is 2.48. The molecular weight excluding hydrogens is 448 g/mol. The van der Waals surface area contributed by atoms with E-state index in [0.29, 0.717) is 36.9 Å². The van der Waals surface area contributed by atoms with Gasteiger partial charge in [-0.15, -0.1) is 0 Å². The van der Waals surface area contributed by atoms with Gasteiger partial charge in [-0.25, -0.2) is 9.97 Å². The number of nitrogens with zero attached hydrogens (tertiary/aromatic N) is 5. The van der Waals surface area contributed by atoms with Gasteiger partial charge in [0.25, 0.3) is 11.9 Å². The highest BCUT2D eigenvalue weighted by Crippen LogP contribution is 2.35. The number of amides is 1. The van der Waals surface area contributed by atoms with Crippen molar-refractivity contribution in [1.29, 1.82) is 0 Å². The van der Waals surface area contributed by atoms with E-state index in [2.05, 4.69) is 30.8 Å². The van der Waals surface area contributed by atoms with Crippen LogP contribution in [0.2, 0.25) is 0 Å². The fraction of sp³-hybridized carbons (Fsp3) is 0.292. The average molecular weight is 475 g/mol. The number of carbonyl (C=O) groups excluding carboxylic acids is 1. The number of amidine groups is 1. The molecule has 2 aromatic heterocycles. The normalized spacial score (nSPS) is 20.7. The van der Waals surface area contributed by atoms with E-state index in [4.69, 9.17) is 10.3 Å². The summed E-state index contributed by atoms with van der Waals surface area (Å²) in [6.45, 7) is 1.79. The lowest BCUT2D eigenvalue weighted by Gasteiger charge is -2.16. The van der Waals surface area contributed by atoms with Crippen LogP contribution in [0.25, 0.3) is 22.5 Å². The minimum Gasteiger partial charge on any atom is -0.390 e. The van der Waals surface area contributed by atoms with Gasteiger partial charge in [-0.05, 0) is 12.1 Å². The number of nitrogens with two attached hydrogens (primary N) is 1. The van der Waals surface area contributed by atoms with Gasteiger partial charge in [0.2, 0.25) is 5.60 Å². The molecule has 1 atom stereocenters. The SMILES string of the molecule is CNC1=C(/C(N)=N\c2nccc(-c3cccc(-c4cc(C5(O)CCN(C)C5=O)on4)c3)n2)CNC1. The minimum absolute atomic E-state index is 0.137. The monoisotopic (exact) mass is 474 g/mol. The third-order valence-electron chi connectivity index (χ3n) is 6.32. The van der Waals surface area contributed by atoms with Gasteiger partial charge in [-0.2, -0.15) is 4.99 Å². The van der Waals surface area contributed by atoms with E-state index in [1.54, 1.807) is 25.4 Å². The molecule has 5 N–H and O–H groups in total. The number of benzene rings is 1. The van der Waals surface area contributed by atoms with E-state index in [9.17, 15) is 9.90 Å². The molecule has 180 valence electrons. The number of carbonyl (C=O) groups is 1. The zero-order valence-corrected chi connectivity index (χ0v) is 19.4. The molecule has 1 saturated heterocycles. The molecule has 4 heterocycles. The third-order valence-corrected chi connectivity index (χ3v) is 6.32. The number of likely N-dealkylation sites (N-methyl/N-ethyl adjacent to an activating group) is 2. The van der Waals surface area contributed by atoms with E-state index >= 15 is 0 Å². The van der Waals surface area contributed by atoms with E-state index < -0.39 is 11.5 Å². The molecule has 0 saturated carbocycles. The van der Waals surface area contributed by atoms with Crippen molar-refractivity contribution in [1.82, 2.24) is 30.7 Å². The molecule has 2 aliphatic rings. The van der Waals surface area contributed by atoms with Crippen LogP contribution >= 0.6 is 0 Å². The maximum Gasteiger partial charge on any atom is 0.262 e. The quantitative estimate of drug-likeness (QED) is 0.301. The van der Waals surface area contributed by atoms with Crippen molar-refractivity contribution in [3.63, 3.8) is 0 Å². The molecule has 35 heavy (non-hydrogen) atoms. The van der Waals surface area contributed by atoms with Crippen LogP contribution in [0.4, 0.5) is 5.95 Å². The number of rotatable bonds is 6. The lowest BCUT2D eigenvalue weighted by molar-refractivity contribution is -0.144. The molecule has 0 bridgehead atoms. The summed E-state index contributed by atoms with van der Waals surface area (Å²) in [6, 6.07) is 10.9. The summed E-state index contributed by atoms with van der Waals surface area (Å²) in [5.41, 5.74) is 9.17. The molecule has 11 heteroatoms. The predicted molar refractivity (Wildman–Crippen MR) is 129 cm³/mol. The van der Waals surface area contributed by atoms with Crippen molar-refractivity contribution < 1.29 is 14.4 Å². The molecule has 0 spiro atoms. The smallest absolute Gasteiger partial charge is 0.262 e. The predicted octanol–water partition coefficient (Wildman–Crippen LogP) is 0.914. The summed E-state index contributed by atoms with van der Waals surface area (Å²) in [4.78, 5) is 27.1. The molecule has 11 nitrogen and oxygen atoms in total. The number of hydrogen-bond donors (Lipinski definition) is 4. The molecular formula is C24H26N8O3. The summed E-state index contributed by atoms with van der Waals surface area (Å²) in [7, 11) is 3.50. The fourth-order valence-corrected chi connectivity index (χ4v) is 4.27. The molecule has 0 radical (unpaired) electrons. The number of aliphatic imine (C=N–C) groups is 1. The summed E-state index contributed by atoms with van der Waals surface area (Å²) in [5.74, 6) is 0.367. The molecule has 2 aliphatic heterocycles. The summed E-state index contributed by atoms with van der Waals surface area (Å²) >= 11 is 0. The van der Waals surface area contributed by atoms with Crippen LogP contribution in [0.5, 0.6) is 0 Å². The van der Waals surface area contributed by atoms with Crippen molar-refractivity contribution in [3.05, 3.63) is 59.6 Å². The number of likely N-dealkylation sites (tertiary alicyclic amines) is 1. The Hall–Kier alpha value is -4.09. The Balaban J connectivity index is 1.42. The Morgan fingerprint density at radius 1 is 1.26 bits per heavy atom. The van der Waals surface area contributed by atoms with Crippen LogP contribution in [0, 0.1) is 0 Å². The maximum atomic E-state index is 12.4. The molecule has 1 aromatic carbocycles. The average Bonchev–Trinajstić information content (AvgIpc) is 3.62. The van der Waals surface area contributed by atoms with Gasteiger partial charge in [0.15, 0.2) is 5.76 Å². The molecule has 0 aliphatic carbocycles. The highest BCUT2D eigenvalue weighted by atomic mass is 16.5. The second-order valence-electron chi connectivity index (χ2n) is 8.54. The van der Waals surface area contributed by atoms with Gasteiger partial charge in [0.05, 0.1) is 5.69 Å². The first-order chi connectivity index (χ1) is 16.9. The van der Waals surface area contributed by atoms with Crippen molar-refractivity contribution in [3.8, 4) is 22.5 Å². The highest BCUT2D eigenvalue weighted by molar-refractivity contribution is 5.99. The Bertz CT molecular complexity index is 1350. The van der Waals surface area contributed by atoms with Crippen molar-refractivity contribution in [2.75, 3.05) is 33.7 Å². The van der Waals surface area contributed by atoms with Gasteiger partial charge in [0, 0.05) is 74.8 Å². The van der Waals surface area contributed by atoms with Crippen molar-refractivity contribution in [2.24, 2.45) is 10.7 Å². The van der Waals surface area contributed by atoms with Crippen LogP contribution in [0.1, 0.15) is 12.2 Å². The van der Waals surface area contributed by atoms with E-state index in [1.807, 2.05) is 31.3 Å². The third kappa shape index (κ3) is 4.15. The van der Waals surface area contributed by atoms with Crippen LogP contribution in [-0.4, -0.2) is 70.6 Å². The second kappa shape index (κ2) is 8.93. The van der Waals surface area contributed by atoms with E-state index in [1.165, 1.54) is 4.90 Å². The zero-order valence-electron chi connectivity index (χ0n) is 19.4. The van der Waals surface area contributed by atoms with Crippen molar-refractivity contribution in [2.45, 2.75) is 12.0 Å². The van der Waals surface area contributed by atoms with E-state index in [0.717, 1.165) is 22.4 Å². The molecule has 1 unspecified atom stereocenters. The Labute approximate surface area is 201 Å². The Kier molecular flexibility index (Phi) is 5.79. The summed E-state index contributed by atoms with van der Waals surface area (Å²) < 4.78 is 5.38. The topological polar surface area (TPSA) is 155 Å². The van der Waals surface area contributed by atoms with Gasteiger partial charge in [0.1, 0.15) is 11.5 Å². The van der Waals surface area contributed by atoms with Crippen LogP contribution in [0.3, 0.4) is 0 Å². The zero-order chi connectivity index (χ0) is 24.6. The number of aromatic nitrogens is 3. The first kappa shape index (κ1) is 22.7. The van der Waals surface area contributed by atoms with E-state index in [-0.39, 0.29) is 18.1 Å². The van der Waals surface area contributed by atoms with Crippen LogP contribution in [-0.2, 0) is 10.4 Å². The standard InChI is InChI=1S/C24H26N8O3/c1-26-19-13-27-12-16(19)21(25)30-23-28-8-6-17(29-23)14-4-3-5-15(10-14)18-11-20(35-31-18)24(34)7-9-32(2)22(24)33/h3-6,8,10-11,26-27,34H,7,9,12-13H2,1-2H3,(H2,25,28,29,30). The molecule has 5 rings (SSSR count). The van der Waals surface area contributed by atoms with Crippen LogP contribution < -0.4 is 16.4 Å². The second-order valence-corrected chi connectivity index (χ2v) is 8.54. The summed E-state index contributed by atoms with van der Waals surface area (Å²) in [6.07, 6.45) is 1.89. The lowest BCUT2D eigenvalue weighted by Crippen LogP contribution is -2.35.